The summed E-state index contributed by atoms with van der Waals surface area (Å²) in [7, 11) is 1.71. The van der Waals surface area contributed by atoms with Crippen molar-refractivity contribution in [3.63, 3.8) is 0 Å². The number of rotatable bonds is 5. The van der Waals surface area contributed by atoms with Crippen LogP contribution in [-0.2, 0) is 4.74 Å². The molecule has 1 heterocycles. The van der Waals surface area contributed by atoms with Crippen LogP contribution in [0.15, 0.2) is 30.3 Å². The van der Waals surface area contributed by atoms with Crippen LogP contribution in [0.2, 0.25) is 0 Å². The molecule has 1 aromatic heterocycles. The zero-order chi connectivity index (χ0) is 15.4. The molecule has 2 rings (SSSR count). The van der Waals surface area contributed by atoms with Crippen LogP contribution in [0.1, 0.15) is 33.3 Å². The number of nitrogens with one attached hydrogen (secondary N) is 1. The Morgan fingerprint density at radius 2 is 1.95 bits per heavy atom. The summed E-state index contributed by atoms with van der Waals surface area (Å²) in [6.45, 7) is 3.30. The number of hydrogen-bond donors (Lipinski definition) is 1. The van der Waals surface area contributed by atoms with Gasteiger partial charge in [-0.15, -0.1) is 0 Å². The molecule has 0 aliphatic heterocycles. The summed E-state index contributed by atoms with van der Waals surface area (Å²) >= 11 is 1.19. The van der Waals surface area contributed by atoms with Crippen molar-refractivity contribution in [2.45, 2.75) is 20.0 Å². The van der Waals surface area contributed by atoms with Gasteiger partial charge in [0.05, 0.1) is 5.69 Å². The fourth-order valence-corrected chi connectivity index (χ4v) is 2.62. The highest BCUT2D eigenvalue weighted by Crippen LogP contribution is 2.25. The van der Waals surface area contributed by atoms with Crippen molar-refractivity contribution < 1.29 is 14.3 Å². The van der Waals surface area contributed by atoms with E-state index in [0.717, 1.165) is 0 Å². The summed E-state index contributed by atoms with van der Waals surface area (Å²) in [4.78, 5) is 24.4. The Morgan fingerprint density at radius 1 is 1.29 bits per heavy atom. The van der Waals surface area contributed by atoms with Crippen molar-refractivity contribution in [1.29, 1.82) is 0 Å². The van der Waals surface area contributed by atoms with E-state index in [1.165, 1.54) is 11.5 Å². The van der Waals surface area contributed by atoms with Crippen LogP contribution in [0.3, 0.4) is 0 Å². The molecule has 6 heteroatoms. The maximum atomic E-state index is 12.2. The molecule has 0 aliphatic rings. The van der Waals surface area contributed by atoms with Gasteiger partial charge in [-0.1, -0.05) is 30.3 Å². The normalized spacial score (nSPS) is 11.8. The molecule has 1 atom stereocenters. The third-order valence-electron chi connectivity index (χ3n) is 3.01. The molecule has 5 nitrogen and oxygen atoms in total. The Bertz CT molecular complexity index is 652. The Kier molecular flexibility index (Phi) is 4.70. The third kappa shape index (κ3) is 3.28. The summed E-state index contributed by atoms with van der Waals surface area (Å²) in [5.74, 6) is -0.766. The van der Waals surface area contributed by atoms with Crippen LogP contribution in [-0.4, -0.2) is 29.3 Å². The van der Waals surface area contributed by atoms with Gasteiger partial charge in [-0.3, -0.25) is 4.79 Å². The van der Waals surface area contributed by atoms with E-state index in [4.69, 9.17) is 4.74 Å². The molecule has 1 N–H and O–H groups in total. The van der Waals surface area contributed by atoms with Crippen LogP contribution >= 0.6 is 11.5 Å². The Morgan fingerprint density at radius 3 is 2.57 bits per heavy atom. The van der Waals surface area contributed by atoms with Crippen molar-refractivity contribution >= 4 is 28.3 Å². The van der Waals surface area contributed by atoms with Crippen LogP contribution < -0.4 is 5.32 Å². The number of esters is 1. The molecule has 0 saturated carbocycles. The Balaban J connectivity index is 2.12. The first-order valence-electron chi connectivity index (χ1n) is 6.49. The summed E-state index contributed by atoms with van der Waals surface area (Å²) < 4.78 is 9.38. The lowest BCUT2D eigenvalue weighted by molar-refractivity contribution is 0.0319. The van der Waals surface area contributed by atoms with Gasteiger partial charge in [-0.05, 0) is 25.4 Å². The van der Waals surface area contributed by atoms with E-state index in [2.05, 4.69) is 9.69 Å². The molecule has 0 radical (unpaired) electrons. The molecule has 0 fully saturated rings. The monoisotopic (exact) mass is 304 g/mol. The van der Waals surface area contributed by atoms with Crippen LogP contribution in [0.4, 0.5) is 5.00 Å². The van der Waals surface area contributed by atoms with E-state index in [1.54, 1.807) is 45.2 Å². The number of benzene rings is 1. The SMILES string of the molecule is CNc1snc(C)c1C(=O)OC(C)C(=O)c1ccccc1. The van der Waals surface area contributed by atoms with Gasteiger partial charge in [0.25, 0.3) is 0 Å². The lowest BCUT2D eigenvalue weighted by atomic mass is 10.1. The molecule has 0 aliphatic carbocycles. The van der Waals surface area contributed by atoms with Gasteiger partial charge in [-0.2, -0.15) is 4.37 Å². The molecular formula is C15H16N2O3S. The average molecular weight is 304 g/mol. The van der Waals surface area contributed by atoms with E-state index in [9.17, 15) is 9.59 Å². The van der Waals surface area contributed by atoms with E-state index < -0.39 is 12.1 Å². The second-order valence-electron chi connectivity index (χ2n) is 4.50. The molecule has 1 aromatic carbocycles. The van der Waals surface area contributed by atoms with Gasteiger partial charge in [0.1, 0.15) is 10.6 Å². The van der Waals surface area contributed by atoms with E-state index in [1.807, 2.05) is 6.07 Å². The van der Waals surface area contributed by atoms with Gasteiger partial charge in [-0.25, -0.2) is 4.79 Å². The van der Waals surface area contributed by atoms with Gasteiger partial charge in [0, 0.05) is 12.6 Å². The largest absolute Gasteiger partial charge is 0.451 e. The van der Waals surface area contributed by atoms with Crippen molar-refractivity contribution in [3.05, 3.63) is 47.2 Å². The zero-order valence-electron chi connectivity index (χ0n) is 12.0. The fourth-order valence-electron chi connectivity index (χ4n) is 1.89. The van der Waals surface area contributed by atoms with E-state index in [0.29, 0.717) is 21.8 Å². The van der Waals surface area contributed by atoms with Crippen molar-refractivity contribution in [2.75, 3.05) is 12.4 Å². The number of carbonyl (C=O) groups excluding carboxylic acids is 2. The van der Waals surface area contributed by atoms with Crippen molar-refractivity contribution in [3.8, 4) is 0 Å². The van der Waals surface area contributed by atoms with Crippen LogP contribution in [0.25, 0.3) is 0 Å². The predicted molar refractivity (Wildman–Crippen MR) is 82.0 cm³/mol. The number of anilines is 1. The smallest absolute Gasteiger partial charge is 0.343 e. The molecule has 110 valence electrons. The number of ether oxygens (including phenoxy) is 1. The molecule has 2 aromatic rings. The molecule has 0 amide bonds. The molecular weight excluding hydrogens is 288 g/mol. The number of Topliss-reactive ketones (excluding diaryl/α,β-unsaturated/α-hetero) is 1. The highest BCUT2D eigenvalue weighted by atomic mass is 32.1. The maximum Gasteiger partial charge on any atom is 0.343 e. The quantitative estimate of drug-likeness (QED) is 0.679. The number of carbonyl (C=O) groups is 2. The molecule has 0 spiro atoms. The molecule has 21 heavy (non-hydrogen) atoms. The first-order valence-corrected chi connectivity index (χ1v) is 7.26. The highest BCUT2D eigenvalue weighted by molar-refractivity contribution is 7.10. The molecule has 0 saturated heterocycles. The summed E-state index contributed by atoms with van der Waals surface area (Å²) in [6, 6.07) is 8.76. The first-order chi connectivity index (χ1) is 10.0. The van der Waals surface area contributed by atoms with E-state index >= 15 is 0 Å². The highest BCUT2D eigenvalue weighted by Gasteiger charge is 2.24. The minimum atomic E-state index is -0.844. The van der Waals surface area contributed by atoms with Crippen LogP contribution in [0.5, 0.6) is 0 Å². The third-order valence-corrected chi connectivity index (χ3v) is 3.96. The average Bonchev–Trinajstić information content (AvgIpc) is 2.88. The summed E-state index contributed by atoms with van der Waals surface area (Å²) in [5, 5.41) is 3.54. The van der Waals surface area contributed by atoms with Gasteiger partial charge in [0.2, 0.25) is 5.78 Å². The summed E-state index contributed by atoms with van der Waals surface area (Å²) in [6.07, 6.45) is -0.844. The maximum absolute atomic E-state index is 12.2. The molecule has 0 bridgehead atoms. The number of ketones is 1. The number of hydrogen-bond acceptors (Lipinski definition) is 6. The molecule has 1 unspecified atom stereocenters. The minimum Gasteiger partial charge on any atom is -0.451 e. The Hall–Kier alpha value is -2.21. The standard InChI is InChI=1S/C15H16N2O3S/c1-9-12(14(16-3)21-17-9)15(19)20-10(2)13(18)11-7-5-4-6-8-11/h4-8,10,16H,1-3H3. The topological polar surface area (TPSA) is 68.3 Å². The lowest BCUT2D eigenvalue weighted by Gasteiger charge is -2.12. The minimum absolute atomic E-state index is 0.226. The van der Waals surface area contributed by atoms with Gasteiger partial charge >= 0.3 is 5.97 Å². The second kappa shape index (κ2) is 6.49. The number of nitrogens with zero attached hydrogens (tertiary/aromatic N) is 1. The van der Waals surface area contributed by atoms with E-state index in [-0.39, 0.29) is 5.78 Å². The first kappa shape index (κ1) is 15.2. The lowest BCUT2D eigenvalue weighted by Crippen LogP contribution is -2.24. The predicted octanol–water partition coefficient (Wildman–Crippen LogP) is 2.92. The fraction of sp³-hybridized carbons (Fsp3) is 0.267. The Labute approximate surface area is 127 Å². The van der Waals surface area contributed by atoms with Crippen molar-refractivity contribution in [2.24, 2.45) is 0 Å². The van der Waals surface area contributed by atoms with Gasteiger partial charge < -0.3 is 10.1 Å². The zero-order valence-corrected chi connectivity index (χ0v) is 12.9. The number of aromatic nitrogens is 1. The second-order valence-corrected chi connectivity index (χ2v) is 5.27. The summed E-state index contributed by atoms with van der Waals surface area (Å²) in [5.41, 5.74) is 1.50. The number of aryl methyl sites for hydroxylation is 1. The van der Waals surface area contributed by atoms with Crippen LogP contribution in [0, 0.1) is 6.92 Å². The van der Waals surface area contributed by atoms with Crippen molar-refractivity contribution in [1.82, 2.24) is 4.37 Å². The van der Waals surface area contributed by atoms with Gasteiger partial charge in [0.15, 0.2) is 6.10 Å².